The molecule has 1 heterocycles. The van der Waals surface area contributed by atoms with Gasteiger partial charge in [-0.1, -0.05) is 6.92 Å². The Hall–Kier alpha value is -2.38. The minimum absolute atomic E-state index is 0.142. The van der Waals surface area contributed by atoms with Crippen molar-refractivity contribution in [2.24, 2.45) is 0 Å². The molecular weight excluding hydrogens is 254 g/mol. The molecule has 0 aliphatic rings. The van der Waals surface area contributed by atoms with Crippen molar-refractivity contribution in [2.45, 2.75) is 19.8 Å². The van der Waals surface area contributed by atoms with Crippen LogP contribution in [0, 0.1) is 10.1 Å². The average molecular weight is 269 g/mol. The maximum Gasteiger partial charge on any atom is 0.433 e. The number of amides is 2. The average Bonchev–Trinajstić information content (AvgIpc) is 2.86. The van der Waals surface area contributed by atoms with Gasteiger partial charge in [0.05, 0.1) is 6.07 Å². The van der Waals surface area contributed by atoms with Crippen molar-refractivity contribution in [1.82, 2.24) is 10.6 Å². The van der Waals surface area contributed by atoms with Crippen molar-refractivity contribution < 1.29 is 18.9 Å². The number of furan rings is 1. The number of nitro groups is 1. The summed E-state index contributed by atoms with van der Waals surface area (Å²) in [6.45, 7) is 2.67. The van der Waals surface area contributed by atoms with E-state index in [1.807, 2.05) is 6.92 Å². The SMILES string of the molecule is CCCNC(=O)CCNC(=O)c1ccc([N+](=O)[O-])o1. The first-order chi connectivity index (χ1) is 9.04. The fraction of sp³-hybridized carbons (Fsp3) is 0.455. The summed E-state index contributed by atoms with van der Waals surface area (Å²) in [5.74, 6) is -1.39. The predicted octanol–water partition coefficient (Wildman–Crippen LogP) is 0.834. The zero-order valence-corrected chi connectivity index (χ0v) is 10.5. The van der Waals surface area contributed by atoms with Gasteiger partial charge >= 0.3 is 5.88 Å². The Morgan fingerprint density at radius 1 is 1.32 bits per heavy atom. The molecule has 8 nitrogen and oxygen atoms in total. The summed E-state index contributed by atoms with van der Waals surface area (Å²) >= 11 is 0. The van der Waals surface area contributed by atoms with E-state index in [0.717, 1.165) is 12.5 Å². The van der Waals surface area contributed by atoms with Crippen molar-refractivity contribution in [2.75, 3.05) is 13.1 Å². The van der Waals surface area contributed by atoms with Gasteiger partial charge in [-0.15, -0.1) is 0 Å². The Kier molecular flexibility index (Phi) is 5.52. The van der Waals surface area contributed by atoms with E-state index in [1.54, 1.807) is 0 Å². The lowest BCUT2D eigenvalue weighted by molar-refractivity contribution is -0.402. The van der Waals surface area contributed by atoms with Gasteiger partial charge in [-0.05, 0) is 12.5 Å². The van der Waals surface area contributed by atoms with Gasteiger partial charge in [-0.2, -0.15) is 0 Å². The fourth-order valence-electron chi connectivity index (χ4n) is 1.28. The number of nitrogens with zero attached hydrogens (tertiary/aromatic N) is 1. The Morgan fingerprint density at radius 2 is 2.05 bits per heavy atom. The monoisotopic (exact) mass is 269 g/mol. The van der Waals surface area contributed by atoms with Crippen molar-refractivity contribution in [3.8, 4) is 0 Å². The van der Waals surface area contributed by atoms with Crippen LogP contribution in [0.2, 0.25) is 0 Å². The van der Waals surface area contributed by atoms with Crippen molar-refractivity contribution in [1.29, 1.82) is 0 Å². The number of carbonyl (C=O) groups excluding carboxylic acids is 2. The second kappa shape index (κ2) is 7.14. The predicted molar refractivity (Wildman–Crippen MR) is 65.6 cm³/mol. The van der Waals surface area contributed by atoms with Crippen molar-refractivity contribution in [3.05, 3.63) is 28.0 Å². The summed E-state index contributed by atoms with van der Waals surface area (Å²) in [7, 11) is 0. The molecule has 0 atom stereocenters. The number of rotatable bonds is 7. The molecule has 0 saturated heterocycles. The lowest BCUT2D eigenvalue weighted by Crippen LogP contribution is -2.30. The molecule has 0 bridgehead atoms. The van der Waals surface area contributed by atoms with E-state index in [2.05, 4.69) is 10.6 Å². The van der Waals surface area contributed by atoms with E-state index in [4.69, 9.17) is 4.42 Å². The molecule has 0 radical (unpaired) electrons. The molecule has 0 unspecified atom stereocenters. The van der Waals surface area contributed by atoms with E-state index in [9.17, 15) is 19.7 Å². The smallest absolute Gasteiger partial charge is 0.395 e. The Labute approximate surface area is 109 Å². The van der Waals surface area contributed by atoms with E-state index in [-0.39, 0.29) is 24.6 Å². The van der Waals surface area contributed by atoms with E-state index in [0.29, 0.717) is 6.54 Å². The molecule has 0 fully saturated rings. The van der Waals surface area contributed by atoms with Gasteiger partial charge < -0.3 is 15.1 Å². The number of hydrogen-bond acceptors (Lipinski definition) is 5. The van der Waals surface area contributed by atoms with Crippen LogP contribution in [0.4, 0.5) is 5.88 Å². The van der Waals surface area contributed by atoms with Gasteiger partial charge in [0, 0.05) is 19.5 Å². The van der Waals surface area contributed by atoms with Gasteiger partial charge in [0.15, 0.2) is 5.76 Å². The second-order valence-corrected chi connectivity index (χ2v) is 3.75. The van der Waals surface area contributed by atoms with Crippen molar-refractivity contribution in [3.63, 3.8) is 0 Å². The molecule has 104 valence electrons. The Morgan fingerprint density at radius 3 is 2.63 bits per heavy atom. The second-order valence-electron chi connectivity index (χ2n) is 3.75. The van der Waals surface area contributed by atoms with Gasteiger partial charge in [0.25, 0.3) is 5.91 Å². The molecule has 19 heavy (non-hydrogen) atoms. The topological polar surface area (TPSA) is 114 Å². The van der Waals surface area contributed by atoms with E-state index < -0.39 is 16.7 Å². The van der Waals surface area contributed by atoms with Crippen LogP contribution in [0.3, 0.4) is 0 Å². The third-order valence-corrected chi connectivity index (χ3v) is 2.21. The summed E-state index contributed by atoms with van der Waals surface area (Å²) in [6.07, 6.45) is 0.989. The van der Waals surface area contributed by atoms with Crippen LogP contribution >= 0.6 is 0 Å². The van der Waals surface area contributed by atoms with Crippen LogP contribution < -0.4 is 10.6 Å². The van der Waals surface area contributed by atoms with Crippen LogP contribution in [0.15, 0.2) is 16.5 Å². The highest BCUT2D eigenvalue weighted by molar-refractivity contribution is 5.92. The third-order valence-electron chi connectivity index (χ3n) is 2.21. The highest BCUT2D eigenvalue weighted by Gasteiger charge is 2.16. The molecule has 1 aromatic heterocycles. The standard InChI is InChI=1S/C11H15N3O5/c1-2-6-12-9(15)5-7-13-11(16)8-3-4-10(19-8)14(17)18/h3-4H,2,5-7H2,1H3,(H,12,15)(H,13,16). The molecular formula is C11H15N3O5. The van der Waals surface area contributed by atoms with Gasteiger partial charge in [0.2, 0.25) is 5.91 Å². The van der Waals surface area contributed by atoms with Gasteiger partial charge in [0.1, 0.15) is 4.92 Å². The molecule has 1 rings (SSSR count). The zero-order valence-electron chi connectivity index (χ0n) is 10.5. The lowest BCUT2D eigenvalue weighted by Gasteiger charge is -2.04. The highest BCUT2D eigenvalue weighted by atomic mass is 16.6. The number of carbonyl (C=O) groups is 2. The van der Waals surface area contributed by atoms with Crippen LogP contribution in [-0.2, 0) is 4.79 Å². The van der Waals surface area contributed by atoms with Crippen LogP contribution in [-0.4, -0.2) is 29.8 Å². The van der Waals surface area contributed by atoms with Crippen LogP contribution in [0.5, 0.6) is 0 Å². The molecule has 0 aliphatic heterocycles. The minimum Gasteiger partial charge on any atom is -0.395 e. The Bertz CT molecular complexity index is 469. The first-order valence-corrected chi connectivity index (χ1v) is 5.83. The summed E-state index contributed by atoms with van der Waals surface area (Å²) < 4.78 is 4.72. The number of nitrogens with one attached hydrogen (secondary N) is 2. The summed E-state index contributed by atoms with van der Waals surface area (Å²) in [5, 5.41) is 15.5. The quantitative estimate of drug-likeness (QED) is 0.562. The fourth-order valence-corrected chi connectivity index (χ4v) is 1.28. The summed E-state index contributed by atoms with van der Waals surface area (Å²) in [4.78, 5) is 32.4. The number of hydrogen-bond donors (Lipinski definition) is 2. The largest absolute Gasteiger partial charge is 0.433 e. The lowest BCUT2D eigenvalue weighted by atomic mass is 10.3. The minimum atomic E-state index is -0.727. The third kappa shape index (κ3) is 4.78. The Balaban J connectivity index is 2.34. The maximum absolute atomic E-state index is 11.5. The van der Waals surface area contributed by atoms with Gasteiger partial charge in [-0.25, -0.2) is 0 Å². The molecule has 0 saturated carbocycles. The van der Waals surface area contributed by atoms with E-state index in [1.165, 1.54) is 6.07 Å². The van der Waals surface area contributed by atoms with Crippen LogP contribution in [0.25, 0.3) is 0 Å². The van der Waals surface area contributed by atoms with Gasteiger partial charge in [-0.3, -0.25) is 19.7 Å². The molecule has 0 spiro atoms. The maximum atomic E-state index is 11.5. The molecule has 8 heteroatoms. The normalized spacial score (nSPS) is 9.95. The molecule has 1 aromatic rings. The molecule has 2 N–H and O–H groups in total. The zero-order chi connectivity index (χ0) is 14.3. The molecule has 0 aromatic carbocycles. The highest BCUT2D eigenvalue weighted by Crippen LogP contribution is 2.15. The summed E-state index contributed by atoms with van der Waals surface area (Å²) in [5.41, 5.74) is 0. The first-order valence-electron chi connectivity index (χ1n) is 5.83. The van der Waals surface area contributed by atoms with Crippen LogP contribution in [0.1, 0.15) is 30.3 Å². The summed E-state index contributed by atoms with van der Waals surface area (Å²) in [6, 6.07) is 2.31. The van der Waals surface area contributed by atoms with E-state index >= 15 is 0 Å². The molecule has 2 amide bonds. The van der Waals surface area contributed by atoms with Crippen molar-refractivity contribution >= 4 is 17.7 Å². The first kappa shape index (κ1) is 14.7. The molecule has 0 aliphatic carbocycles.